The van der Waals surface area contributed by atoms with Crippen molar-refractivity contribution < 1.29 is 0 Å². The van der Waals surface area contributed by atoms with Crippen molar-refractivity contribution >= 4 is 38.7 Å². The molecule has 3 aromatic heterocycles. The number of nitrogens with two attached hydrogens (primary N) is 1. The monoisotopic (exact) mass is 413 g/mol. The van der Waals surface area contributed by atoms with E-state index in [9.17, 15) is 9.59 Å². The van der Waals surface area contributed by atoms with Crippen LogP contribution in [0.1, 0.15) is 23.4 Å². The Morgan fingerprint density at radius 2 is 1.93 bits per heavy atom. The average Bonchev–Trinajstić information content (AvgIpc) is 3.30. The molecule has 2 N–H and O–H groups in total. The molecule has 0 unspecified atom stereocenters. The number of para-hydroxylation sites is 1. The van der Waals surface area contributed by atoms with Crippen LogP contribution in [0.4, 0.5) is 5.82 Å². The van der Waals surface area contributed by atoms with Gasteiger partial charge < -0.3 is 5.73 Å². The van der Waals surface area contributed by atoms with E-state index in [1.54, 1.807) is 11.3 Å². The zero-order chi connectivity index (χ0) is 19.8. The molecule has 0 bridgehead atoms. The fourth-order valence-electron chi connectivity index (χ4n) is 3.10. The Hall–Kier alpha value is -2.78. The molecular weight excluding hydrogens is 394 g/mol. The van der Waals surface area contributed by atoms with Gasteiger partial charge in [-0.1, -0.05) is 19.1 Å². The number of benzene rings is 1. The lowest BCUT2D eigenvalue weighted by atomic mass is 10.2. The molecule has 0 aliphatic heterocycles. The topological polar surface area (TPSA) is 95.8 Å². The number of nitrogens with zero attached hydrogens (tertiary/aromatic N) is 4. The Labute approximate surface area is 168 Å². The highest BCUT2D eigenvalue weighted by Gasteiger charge is 2.19. The molecule has 4 rings (SSSR count). The van der Waals surface area contributed by atoms with Crippen LogP contribution in [-0.2, 0) is 20.0 Å². The fraction of sp³-hybridized carbons (Fsp3) is 0.263. The van der Waals surface area contributed by atoms with Gasteiger partial charge in [-0.2, -0.15) is 0 Å². The van der Waals surface area contributed by atoms with Crippen LogP contribution in [0.5, 0.6) is 0 Å². The molecule has 0 spiro atoms. The van der Waals surface area contributed by atoms with Gasteiger partial charge in [-0.15, -0.1) is 22.7 Å². The van der Waals surface area contributed by atoms with Gasteiger partial charge in [0.05, 0.1) is 22.3 Å². The van der Waals surface area contributed by atoms with E-state index in [4.69, 9.17) is 5.73 Å². The van der Waals surface area contributed by atoms with Gasteiger partial charge in [0.15, 0.2) is 0 Å². The number of thiazole rings is 2. The van der Waals surface area contributed by atoms with Gasteiger partial charge in [0.2, 0.25) is 0 Å². The first-order chi connectivity index (χ1) is 13.5. The van der Waals surface area contributed by atoms with Crippen LogP contribution in [0.15, 0.2) is 39.2 Å². The van der Waals surface area contributed by atoms with Crippen molar-refractivity contribution in [3.05, 3.63) is 60.5 Å². The third-order valence-corrected chi connectivity index (χ3v) is 6.36. The number of rotatable bonds is 5. The molecule has 0 amide bonds. The minimum Gasteiger partial charge on any atom is -0.384 e. The van der Waals surface area contributed by atoms with Crippen molar-refractivity contribution in [2.24, 2.45) is 7.05 Å². The molecule has 9 heteroatoms. The smallest absolute Gasteiger partial charge is 0.332 e. The van der Waals surface area contributed by atoms with E-state index >= 15 is 0 Å². The van der Waals surface area contributed by atoms with E-state index < -0.39 is 11.2 Å². The Bertz CT molecular complexity index is 1250. The predicted molar refractivity (Wildman–Crippen MR) is 114 cm³/mol. The van der Waals surface area contributed by atoms with E-state index in [1.165, 1.54) is 23.0 Å². The van der Waals surface area contributed by atoms with Crippen LogP contribution in [0, 0.1) is 0 Å². The maximum absolute atomic E-state index is 12.7. The third kappa shape index (κ3) is 3.16. The highest BCUT2D eigenvalue weighted by molar-refractivity contribution is 7.18. The summed E-state index contributed by atoms with van der Waals surface area (Å²) in [4.78, 5) is 34.3. The minimum atomic E-state index is -0.424. The van der Waals surface area contributed by atoms with Crippen molar-refractivity contribution in [2.75, 3.05) is 5.73 Å². The van der Waals surface area contributed by atoms with Gasteiger partial charge in [-0.25, -0.2) is 14.8 Å². The largest absolute Gasteiger partial charge is 0.384 e. The standard InChI is InChI=1S/C19H19N5O2S2/c1-3-8-24-17(20)16(18(25)23(2)19(24)26)12-10-27-14(22-12)9-15-21-11-6-4-5-7-13(11)28-15/h4-7,10H,3,8-9,20H2,1-2H3. The van der Waals surface area contributed by atoms with Crippen molar-refractivity contribution in [1.29, 1.82) is 0 Å². The summed E-state index contributed by atoms with van der Waals surface area (Å²) < 4.78 is 3.66. The van der Waals surface area contributed by atoms with Crippen LogP contribution < -0.4 is 17.0 Å². The lowest BCUT2D eigenvalue weighted by Gasteiger charge is -2.13. The number of fused-ring (bicyclic) bond motifs is 1. The molecule has 0 atom stereocenters. The lowest BCUT2D eigenvalue weighted by Crippen LogP contribution is -2.40. The zero-order valence-electron chi connectivity index (χ0n) is 15.5. The Morgan fingerprint density at radius 1 is 1.14 bits per heavy atom. The SMILES string of the molecule is CCCn1c(N)c(-c2csc(Cc3nc4ccccc4s3)n2)c(=O)n(C)c1=O. The Morgan fingerprint density at radius 3 is 2.68 bits per heavy atom. The zero-order valence-corrected chi connectivity index (χ0v) is 17.1. The molecule has 4 aromatic rings. The molecule has 144 valence electrons. The molecule has 0 fully saturated rings. The first-order valence-electron chi connectivity index (χ1n) is 8.88. The second-order valence-electron chi connectivity index (χ2n) is 6.44. The van der Waals surface area contributed by atoms with Crippen molar-refractivity contribution in [3.63, 3.8) is 0 Å². The highest BCUT2D eigenvalue weighted by atomic mass is 32.1. The molecule has 1 aromatic carbocycles. The normalized spacial score (nSPS) is 11.4. The lowest BCUT2D eigenvalue weighted by molar-refractivity contribution is 0.600. The van der Waals surface area contributed by atoms with Crippen LogP contribution >= 0.6 is 22.7 Å². The van der Waals surface area contributed by atoms with E-state index in [0.29, 0.717) is 18.7 Å². The summed E-state index contributed by atoms with van der Waals surface area (Å²) in [6, 6.07) is 8.00. The molecule has 0 aliphatic rings. The molecule has 7 nitrogen and oxygen atoms in total. The number of nitrogen functional groups attached to an aromatic ring is 1. The minimum absolute atomic E-state index is 0.173. The molecule has 0 saturated carbocycles. The molecule has 3 heterocycles. The molecule has 0 saturated heterocycles. The molecule has 0 radical (unpaired) electrons. The predicted octanol–water partition coefficient (Wildman–Crippen LogP) is 2.86. The quantitative estimate of drug-likeness (QED) is 0.543. The van der Waals surface area contributed by atoms with E-state index in [0.717, 1.165) is 31.2 Å². The van der Waals surface area contributed by atoms with Crippen molar-refractivity contribution in [1.82, 2.24) is 19.1 Å². The second kappa shape index (κ2) is 7.33. The fourth-order valence-corrected chi connectivity index (χ4v) is 4.95. The summed E-state index contributed by atoms with van der Waals surface area (Å²) in [6.45, 7) is 2.41. The molecule has 0 aliphatic carbocycles. The van der Waals surface area contributed by atoms with E-state index in [-0.39, 0.29) is 11.4 Å². The van der Waals surface area contributed by atoms with Gasteiger partial charge in [-0.05, 0) is 18.6 Å². The number of hydrogen-bond acceptors (Lipinski definition) is 7. The Kier molecular flexibility index (Phi) is 4.86. The van der Waals surface area contributed by atoms with Crippen molar-refractivity contribution in [2.45, 2.75) is 26.3 Å². The first-order valence-corrected chi connectivity index (χ1v) is 10.6. The number of anilines is 1. The maximum atomic E-state index is 12.7. The summed E-state index contributed by atoms with van der Waals surface area (Å²) in [5.41, 5.74) is 7.12. The summed E-state index contributed by atoms with van der Waals surface area (Å²) in [6.07, 6.45) is 1.33. The van der Waals surface area contributed by atoms with E-state index in [1.807, 2.05) is 36.6 Å². The Balaban J connectivity index is 1.73. The average molecular weight is 414 g/mol. The van der Waals surface area contributed by atoms with Gasteiger partial charge in [0, 0.05) is 19.0 Å². The first kappa shape index (κ1) is 18.6. The van der Waals surface area contributed by atoms with Crippen LogP contribution in [0.25, 0.3) is 21.5 Å². The maximum Gasteiger partial charge on any atom is 0.332 e. The van der Waals surface area contributed by atoms with Crippen LogP contribution in [-0.4, -0.2) is 19.1 Å². The van der Waals surface area contributed by atoms with E-state index in [2.05, 4.69) is 9.97 Å². The summed E-state index contributed by atoms with van der Waals surface area (Å²) >= 11 is 3.10. The van der Waals surface area contributed by atoms with Gasteiger partial charge >= 0.3 is 5.69 Å². The number of aromatic nitrogens is 4. The highest BCUT2D eigenvalue weighted by Crippen LogP contribution is 2.27. The van der Waals surface area contributed by atoms with Crippen LogP contribution in [0.3, 0.4) is 0 Å². The summed E-state index contributed by atoms with van der Waals surface area (Å²) in [5.74, 6) is 0.173. The van der Waals surface area contributed by atoms with Gasteiger partial charge in [-0.3, -0.25) is 13.9 Å². The summed E-state index contributed by atoms with van der Waals surface area (Å²) in [7, 11) is 1.47. The number of hydrogen-bond donors (Lipinski definition) is 1. The second-order valence-corrected chi connectivity index (χ2v) is 8.50. The third-order valence-electron chi connectivity index (χ3n) is 4.48. The molecule has 28 heavy (non-hydrogen) atoms. The molecular formula is C19H19N5O2S2. The van der Waals surface area contributed by atoms with Gasteiger partial charge in [0.1, 0.15) is 21.4 Å². The summed E-state index contributed by atoms with van der Waals surface area (Å²) in [5, 5.41) is 3.64. The van der Waals surface area contributed by atoms with Crippen molar-refractivity contribution in [3.8, 4) is 11.3 Å². The van der Waals surface area contributed by atoms with Gasteiger partial charge in [0.25, 0.3) is 5.56 Å². The van der Waals surface area contributed by atoms with Crippen LogP contribution in [0.2, 0.25) is 0 Å².